The molecule has 2 amide bonds. The van der Waals surface area contributed by atoms with E-state index in [0.29, 0.717) is 17.8 Å². The van der Waals surface area contributed by atoms with Gasteiger partial charge in [-0.05, 0) is 68.0 Å². The van der Waals surface area contributed by atoms with Gasteiger partial charge in [-0.3, -0.25) is 24.3 Å². The maximum absolute atomic E-state index is 15.4. The Hall–Kier alpha value is -6.78. The molecule has 0 radical (unpaired) electrons. The molecule has 4 heterocycles. The van der Waals surface area contributed by atoms with Crippen LogP contribution in [0.15, 0.2) is 82.9 Å². The van der Waals surface area contributed by atoms with Crippen molar-refractivity contribution in [3.8, 4) is 23.2 Å². The first-order valence-corrected chi connectivity index (χ1v) is 16.2. The number of nitro groups is 1. The molecule has 1 N–H and O–H groups in total. The summed E-state index contributed by atoms with van der Waals surface area (Å²) in [5.41, 5.74) is -0.0712. The van der Waals surface area contributed by atoms with Crippen molar-refractivity contribution in [1.82, 2.24) is 29.0 Å². The first kappa shape index (κ1) is 33.7. The molecule has 2 aliphatic rings. The third kappa shape index (κ3) is 7.09. The van der Waals surface area contributed by atoms with Crippen LogP contribution >= 0.6 is 0 Å². The zero-order valence-electron chi connectivity index (χ0n) is 27.5. The summed E-state index contributed by atoms with van der Waals surface area (Å²) in [7, 11) is 0. The molecule has 1 aliphatic carbocycles. The quantitative estimate of drug-likeness (QED) is 0.167. The number of nitro benzene ring substituents is 1. The summed E-state index contributed by atoms with van der Waals surface area (Å²) in [6.45, 7) is 2.39. The lowest BCUT2D eigenvalue weighted by Gasteiger charge is -2.27. The lowest BCUT2D eigenvalue weighted by atomic mass is 10.1. The van der Waals surface area contributed by atoms with Crippen molar-refractivity contribution in [2.75, 3.05) is 11.9 Å². The van der Waals surface area contributed by atoms with Gasteiger partial charge in [-0.2, -0.15) is 0 Å². The third-order valence-corrected chi connectivity index (χ3v) is 8.55. The SMILES string of the molecule is Cc1ccc(-n2c(=O)c(C(=O)Nc3ccc(Oc4ncnc5c4CCN(C(=O)Oc4ccc([N+](=O)[O-])cc4)C5)c(F)c3)cn(CC3CC3)c2=O)nc1. The number of aromatic nitrogens is 5. The Bertz CT molecular complexity index is 2340. The van der Waals surface area contributed by atoms with Crippen LogP contribution in [-0.4, -0.2) is 52.5 Å². The monoisotopic (exact) mass is 708 g/mol. The molecular formula is C35H29FN8O8. The second-order valence-corrected chi connectivity index (χ2v) is 12.4. The number of nitrogens with one attached hydrogen (secondary N) is 1. The average molecular weight is 709 g/mol. The fourth-order valence-electron chi connectivity index (χ4n) is 5.59. The Kier molecular flexibility index (Phi) is 8.98. The summed E-state index contributed by atoms with van der Waals surface area (Å²) in [6, 6.07) is 12.0. The van der Waals surface area contributed by atoms with Crippen LogP contribution in [0.3, 0.4) is 0 Å². The molecule has 264 valence electrons. The number of non-ortho nitro benzene ring substituents is 1. The Morgan fingerprint density at radius 1 is 1.06 bits per heavy atom. The lowest BCUT2D eigenvalue weighted by molar-refractivity contribution is -0.384. The first-order valence-electron chi connectivity index (χ1n) is 16.2. The Balaban J connectivity index is 1.05. The summed E-state index contributed by atoms with van der Waals surface area (Å²) in [6.07, 6.45) is 5.40. The molecule has 0 unspecified atom stereocenters. The van der Waals surface area contributed by atoms with Crippen LogP contribution in [0.25, 0.3) is 5.82 Å². The fourth-order valence-corrected chi connectivity index (χ4v) is 5.59. The molecule has 1 aliphatic heterocycles. The zero-order chi connectivity index (χ0) is 36.5. The van der Waals surface area contributed by atoms with Crippen molar-refractivity contribution in [3.05, 3.63) is 132 Å². The van der Waals surface area contributed by atoms with Crippen molar-refractivity contribution >= 4 is 23.4 Å². The number of ether oxygens (including phenoxy) is 2. The number of hydrogen-bond donors (Lipinski definition) is 1. The number of halogens is 1. The number of anilines is 1. The van der Waals surface area contributed by atoms with Gasteiger partial charge in [0.2, 0.25) is 5.88 Å². The number of amides is 2. The van der Waals surface area contributed by atoms with E-state index >= 15 is 4.39 Å². The van der Waals surface area contributed by atoms with Crippen molar-refractivity contribution in [3.63, 3.8) is 0 Å². The maximum Gasteiger partial charge on any atom is 0.415 e. The molecule has 0 saturated heterocycles. The van der Waals surface area contributed by atoms with Crippen molar-refractivity contribution in [2.24, 2.45) is 5.92 Å². The molecule has 7 rings (SSSR count). The van der Waals surface area contributed by atoms with Crippen LogP contribution in [-0.2, 0) is 19.5 Å². The standard InChI is InChI=1S/C35H29FN8O8/c1-20-2-11-30(37-15-20)43-33(46)26(17-42(34(43)47)16-21-3-4-21)31(45)40-22-5-10-29(27(36)14-22)52-32-25-12-13-41(18-28(25)38-19-39-32)35(48)51-24-8-6-23(7-9-24)44(49)50/h2,5-11,14-15,17,19,21H,3-4,12-13,16,18H2,1H3,(H,40,45). The summed E-state index contributed by atoms with van der Waals surface area (Å²) in [5, 5.41) is 13.4. The highest BCUT2D eigenvalue weighted by molar-refractivity contribution is 6.03. The highest BCUT2D eigenvalue weighted by atomic mass is 19.1. The van der Waals surface area contributed by atoms with E-state index in [2.05, 4.69) is 20.3 Å². The van der Waals surface area contributed by atoms with E-state index in [-0.39, 0.29) is 65.6 Å². The molecule has 3 aromatic heterocycles. The first-order chi connectivity index (χ1) is 25.0. The molecule has 5 aromatic rings. The average Bonchev–Trinajstić information content (AvgIpc) is 3.95. The van der Waals surface area contributed by atoms with Gasteiger partial charge in [0, 0.05) is 54.9 Å². The van der Waals surface area contributed by atoms with Crippen LogP contribution in [0.4, 0.5) is 20.6 Å². The molecule has 16 nitrogen and oxygen atoms in total. The van der Waals surface area contributed by atoms with Crippen molar-refractivity contribution in [2.45, 2.75) is 39.3 Å². The fraction of sp³-hybridized carbons (Fsp3) is 0.229. The molecular weight excluding hydrogens is 679 g/mol. The second kappa shape index (κ2) is 13.9. The smallest absolute Gasteiger partial charge is 0.415 e. The number of fused-ring (bicyclic) bond motifs is 1. The lowest BCUT2D eigenvalue weighted by Crippen LogP contribution is -2.42. The molecule has 0 atom stereocenters. The molecule has 1 saturated carbocycles. The molecule has 17 heteroatoms. The molecule has 52 heavy (non-hydrogen) atoms. The zero-order valence-corrected chi connectivity index (χ0v) is 27.5. The van der Waals surface area contributed by atoms with Crippen LogP contribution in [0.2, 0.25) is 0 Å². The van der Waals surface area contributed by atoms with Crippen molar-refractivity contribution < 1.29 is 28.4 Å². The van der Waals surface area contributed by atoms with Gasteiger partial charge in [0.1, 0.15) is 23.5 Å². The largest absolute Gasteiger partial charge is 0.436 e. The van der Waals surface area contributed by atoms with Crippen LogP contribution in [0.1, 0.15) is 40.0 Å². The van der Waals surface area contributed by atoms with E-state index < -0.39 is 34.0 Å². The van der Waals surface area contributed by atoms with Gasteiger partial charge in [0.05, 0.1) is 17.2 Å². The highest BCUT2D eigenvalue weighted by Crippen LogP contribution is 2.32. The van der Waals surface area contributed by atoms with E-state index in [1.165, 1.54) is 70.7 Å². The Morgan fingerprint density at radius 3 is 2.54 bits per heavy atom. The van der Waals surface area contributed by atoms with E-state index in [1.807, 2.05) is 6.92 Å². The minimum atomic E-state index is -0.863. The van der Waals surface area contributed by atoms with Gasteiger partial charge < -0.3 is 19.7 Å². The van der Waals surface area contributed by atoms with Gasteiger partial charge in [-0.25, -0.2) is 33.5 Å². The third-order valence-electron chi connectivity index (χ3n) is 8.55. The topological polar surface area (TPSA) is 194 Å². The normalized spacial score (nSPS) is 13.6. The van der Waals surface area contributed by atoms with E-state index in [0.717, 1.165) is 29.0 Å². The number of benzene rings is 2. The number of hydrogen-bond acceptors (Lipinski definition) is 11. The van der Waals surface area contributed by atoms with Gasteiger partial charge in [-0.1, -0.05) is 6.07 Å². The van der Waals surface area contributed by atoms with Gasteiger partial charge >= 0.3 is 11.8 Å². The van der Waals surface area contributed by atoms with Gasteiger partial charge in [-0.15, -0.1) is 0 Å². The molecule has 2 aromatic carbocycles. The molecule has 0 spiro atoms. The Labute approximate surface area is 293 Å². The number of rotatable bonds is 9. The van der Waals surface area contributed by atoms with E-state index in [9.17, 15) is 29.3 Å². The highest BCUT2D eigenvalue weighted by Gasteiger charge is 2.28. The molecule has 0 bridgehead atoms. The van der Waals surface area contributed by atoms with Crippen LogP contribution < -0.4 is 26.0 Å². The van der Waals surface area contributed by atoms with Gasteiger partial charge in [0.25, 0.3) is 17.2 Å². The predicted octanol–water partition coefficient (Wildman–Crippen LogP) is 4.55. The summed E-state index contributed by atoms with van der Waals surface area (Å²) >= 11 is 0. The number of carbonyl (C=O) groups excluding carboxylic acids is 2. The van der Waals surface area contributed by atoms with Crippen LogP contribution in [0, 0.1) is 28.8 Å². The van der Waals surface area contributed by atoms with E-state index in [4.69, 9.17) is 9.47 Å². The summed E-state index contributed by atoms with van der Waals surface area (Å²) in [4.78, 5) is 77.3. The minimum absolute atomic E-state index is 0.0288. The number of pyridine rings is 1. The number of nitrogens with zero attached hydrogens (tertiary/aromatic N) is 7. The summed E-state index contributed by atoms with van der Waals surface area (Å²) in [5.74, 6) is -1.33. The van der Waals surface area contributed by atoms with E-state index in [1.54, 1.807) is 6.07 Å². The van der Waals surface area contributed by atoms with Crippen molar-refractivity contribution in [1.29, 1.82) is 0 Å². The number of aryl methyl sites for hydroxylation is 1. The maximum atomic E-state index is 15.4. The van der Waals surface area contributed by atoms with Gasteiger partial charge in [0.15, 0.2) is 11.6 Å². The second-order valence-electron chi connectivity index (χ2n) is 12.4. The molecule has 1 fully saturated rings. The summed E-state index contributed by atoms with van der Waals surface area (Å²) < 4.78 is 28.7. The minimum Gasteiger partial charge on any atom is -0.436 e. The predicted molar refractivity (Wildman–Crippen MR) is 181 cm³/mol. The Morgan fingerprint density at radius 2 is 1.85 bits per heavy atom. The number of carbonyl (C=O) groups is 2. The van der Waals surface area contributed by atoms with Crippen LogP contribution in [0.5, 0.6) is 17.4 Å².